The van der Waals surface area contributed by atoms with Gasteiger partial charge in [0.1, 0.15) is 19.8 Å². The molecule has 1 unspecified atom stereocenters. The van der Waals surface area contributed by atoms with Gasteiger partial charge in [-0.3, -0.25) is 14.2 Å². The maximum Gasteiger partial charge on any atom is 0.306 e. The van der Waals surface area contributed by atoms with Crippen molar-refractivity contribution >= 4 is 19.8 Å². The lowest BCUT2D eigenvalue weighted by molar-refractivity contribution is -0.870. The lowest BCUT2D eigenvalue weighted by Crippen LogP contribution is -2.37. The van der Waals surface area contributed by atoms with Gasteiger partial charge in [0.2, 0.25) is 0 Å². The highest BCUT2D eigenvalue weighted by Gasteiger charge is 2.21. The van der Waals surface area contributed by atoms with Crippen molar-refractivity contribution in [1.29, 1.82) is 0 Å². The molecule has 0 aliphatic carbocycles. The standard InChI is InChI=1S/C50H90NO9P/c1-6-8-10-12-14-15-16-17-18-19-20-21-22-23-24-25-30-34-38-42-50(54)60-48(46-59-61(55,56)58-44-43-51(3,4)5)45-57-49(53)41-37-33-29-27-26-28-32-36-40-47(52)39-35-31-13-11-9-7-2/h17-18,27-29,31-32,35-36,40,47-48,52H,6-16,19-26,30,33-34,37-39,41-46H2,1-5H3/b18-17-,29-27-,32-28-,35-31-,40-36+/t47-,48-/m1/s1. The normalized spacial score (nSPS) is 14.5. The zero-order valence-electron chi connectivity index (χ0n) is 39.5. The zero-order chi connectivity index (χ0) is 45.1. The minimum atomic E-state index is -4.66. The number of phosphoric acid groups is 1. The number of likely N-dealkylation sites (N-methyl/N-ethyl adjacent to an activating group) is 1. The Morgan fingerprint density at radius 3 is 1.74 bits per heavy atom. The number of esters is 2. The first-order valence-electron chi connectivity index (χ1n) is 24.1. The molecule has 0 saturated carbocycles. The van der Waals surface area contributed by atoms with Gasteiger partial charge in [-0.25, -0.2) is 0 Å². The van der Waals surface area contributed by atoms with Gasteiger partial charge in [0.15, 0.2) is 6.10 Å². The number of hydrogen-bond donors (Lipinski definition) is 1. The molecule has 0 bridgehead atoms. The van der Waals surface area contributed by atoms with E-state index in [4.69, 9.17) is 18.5 Å². The van der Waals surface area contributed by atoms with E-state index >= 15 is 0 Å². The Bertz CT molecular complexity index is 1240. The topological polar surface area (TPSA) is 131 Å². The first kappa shape index (κ1) is 58.7. The van der Waals surface area contributed by atoms with Gasteiger partial charge < -0.3 is 33.0 Å². The minimum Gasteiger partial charge on any atom is -0.756 e. The second-order valence-corrected chi connectivity index (χ2v) is 18.7. The van der Waals surface area contributed by atoms with Gasteiger partial charge >= 0.3 is 11.9 Å². The molecule has 0 aromatic rings. The van der Waals surface area contributed by atoms with Crippen molar-refractivity contribution in [2.24, 2.45) is 0 Å². The maximum absolute atomic E-state index is 12.7. The van der Waals surface area contributed by atoms with Crippen LogP contribution < -0.4 is 4.89 Å². The van der Waals surface area contributed by atoms with Gasteiger partial charge in [0, 0.05) is 12.8 Å². The molecule has 0 aromatic carbocycles. The van der Waals surface area contributed by atoms with Crippen LogP contribution in [-0.2, 0) is 32.7 Å². The van der Waals surface area contributed by atoms with Crippen LogP contribution in [0.1, 0.15) is 187 Å². The summed E-state index contributed by atoms with van der Waals surface area (Å²) in [6.07, 6.45) is 47.1. The van der Waals surface area contributed by atoms with Crippen molar-refractivity contribution in [3.05, 3.63) is 60.8 Å². The van der Waals surface area contributed by atoms with Crippen molar-refractivity contribution < 1.29 is 47.2 Å². The van der Waals surface area contributed by atoms with Crippen LogP contribution >= 0.6 is 7.82 Å². The molecule has 0 aromatic heterocycles. The maximum atomic E-state index is 12.7. The quantitative estimate of drug-likeness (QED) is 0.0159. The van der Waals surface area contributed by atoms with Crippen molar-refractivity contribution in [2.75, 3.05) is 47.5 Å². The van der Waals surface area contributed by atoms with Gasteiger partial charge in [-0.15, -0.1) is 0 Å². The van der Waals surface area contributed by atoms with Crippen LogP contribution in [0.2, 0.25) is 0 Å². The first-order chi connectivity index (χ1) is 29.4. The monoisotopic (exact) mass is 880 g/mol. The predicted molar refractivity (Wildman–Crippen MR) is 251 cm³/mol. The molecule has 0 aliphatic rings. The van der Waals surface area contributed by atoms with E-state index in [-0.39, 0.29) is 26.1 Å². The number of ether oxygens (including phenoxy) is 2. The smallest absolute Gasteiger partial charge is 0.306 e. The van der Waals surface area contributed by atoms with E-state index in [9.17, 15) is 24.2 Å². The van der Waals surface area contributed by atoms with Gasteiger partial charge in [0.05, 0.1) is 33.9 Å². The number of quaternary nitrogens is 1. The highest BCUT2D eigenvalue weighted by atomic mass is 31.2. The number of carbonyl (C=O) groups excluding carboxylic acids is 2. The molecule has 0 fully saturated rings. The summed E-state index contributed by atoms with van der Waals surface area (Å²) in [5, 5.41) is 10.0. The first-order valence-corrected chi connectivity index (χ1v) is 25.6. The number of carbonyl (C=O) groups is 2. The fraction of sp³-hybridized carbons (Fsp3) is 0.760. The number of unbranched alkanes of at least 4 members (excludes halogenated alkanes) is 19. The molecule has 0 heterocycles. The van der Waals surface area contributed by atoms with Crippen molar-refractivity contribution in [1.82, 2.24) is 0 Å². The van der Waals surface area contributed by atoms with E-state index in [2.05, 4.69) is 32.1 Å². The van der Waals surface area contributed by atoms with Crippen LogP contribution in [0.5, 0.6) is 0 Å². The summed E-state index contributed by atoms with van der Waals surface area (Å²) in [4.78, 5) is 37.6. The lowest BCUT2D eigenvalue weighted by atomic mass is 10.1. The molecule has 10 nitrogen and oxygen atoms in total. The largest absolute Gasteiger partial charge is 0.756 e. The van der Waals surface area contributed by atoms with E-state index in [1.807, 2.05) is 57.6 Å². The van der Waals surface area contributed by atoms with Crippen LogP contribution in [0.15, 0.2) is 60.8 Å². The summed E-state index contributed by atoms with van der Waals surface area (Å²) < 4.78 is 33.9. The van der Waals surface area contributed by atoms with Crippen molar-refractivity contribution in [3.63, 3.8) is 0 Å². The average molecular weight is 880 g/mol. The summed E-state index contributed by atoms with van der Waals surface area (Å²) in [6, 6.07) is 0. The van der Waals surface area contributed by atoms with Crippen LogP contribution in [0.25, 0.3) is 0 Å². The van der Waals surface area contributed by atoms with Crippen molar-refractivity contribution in [2.45, 2.75) is 199 Å². The van der Waals surface area contributed by atoms with Gasteiger partial charge in [-0.05, 0) is 70.6 Å². The van der Waals surface area contributed by atoms with E-state index < -0.39 is 38.6 Å². The molecule has 0 aliphatic heterocycles. The van der Waals surface area contributed by atoms with E-state index in [1.165, 1.54) is 103 Å². The number of nitrogens with zero attached hydrogens (tertiary/aromatic N) is 1. The third kappa shape index (κ3) is 45.5. The summed E-state index contributed by atoms with van der Waals surface area (Å²) in [7, 11) is 1.10. The molecule has 0 spiro atoms. The van der Waals surface area contributed by atoms with Crippen LogP contribution in [-0.4, -0.2) is 81.2 Å². The zero-order valence-corrected chi connectivity index (χ0v) is 40.4. The summed E-state index contributed by atoms with van der Waals surface area (Å²) >= 11 is 0. The molecule has 0 radical (unpaired) electrons. The number of allylic oxidation sites excluding steroid dienone is 8. The summed E-state index contributed by atoms with van der Waals surface area (Å²) in [6.45, 7) is 4.04. The summed E-state index contributed by atoms with van der Waals surface area (Å²) in [5.41, 5.74) is 0. The third-order valence-electron chi connectivity index (χ3n) is 10.1. The average Bonchev–Trinajstić information content (AvgIpc) is 3.21. The second kappa shape index (κ2) is 41.7. The Hall–Kier alpha value is -2.33. The highest BCUT2D eigenvalue weighted by molar-refractivity contribution is 7.45. The molecule has 0 rings (SSSR count). The van der Waals surface area contributed by atoms with Crippen LogP contribution in [0.4, 0.5) is 0 Å². The molecule has 11 heteroatoms. The van der Waals surface area contributed by atoms with Crippen molar-refractivity contribution in [3.8, 4) is 0 Å². The Kier molecular flexibility index (Phi) is 40.1. The third-order valence-corrected chi connectivity index (χ3v) is 11.1. The second-order valence-electron chi connectivity index (χ2n) is 17.3. The van der Waals surface area contributed by atoms with E-state index in [0.717, 1.165) is 32.1 Å². The molecule has 354 valence electrons. The molecular weight excluding hydrogens is 790 g/mol. The van der Waals surface area contributed by atoms with E-state index in [0.29, 0.717) is 36.7 Å². The number of phosphoric ester groups is 1. The van der Waals surface area contributed by atoms with Crippen LogP contribution in [0.3, 0.4) is 0 Å². The highest BCUT2D eigenvalue weighted by Crippen LogP contribution is 2.38. The minimum absolute atomic E-state index is 0.0516. The molecular formula is C50H90NO9P. The van der Waals surface area contributed by atoms with Gasteiger partial charge in [-0.2, -0.15) is 0 Å². The Balaban J connectivity index is 4.45. The Morgan fingerprint density at radius 1 is 0.607 bits per heavy atom. The Labute approximate surface area is 373 Å². The fourth-order valence-corrected chi connectivity index (χ4v) is 6.98. The number of rotatable bonds is 43. The summed E-state index contributed by atoms with van der Waals surface area (Å²) in [5.74, 6) is -0.942. The number of hydrogen-bond acceptors (Lipinski definition) is 9. The number of aliphatic hydroxyl groups is 1. The van der Waals surface area contributed by atoms with E-state index in [1.54, 1.807) is 6.08 Å². The molecule has 0 saturated heterocycles. The van der Waals surface area contributed by atoms with Crippen LogP contribution in [0, 0.1) is 0 Å². The lowest BCUT2D eigenvalue weighted by Gasteiger charge is -2.28. The molecule has 1 N–H and O–H groups in total. The molecule has 61 heavy (non-hydrogen) atoms. The van der Waals surface area contributed by atoms with Gasteiger partial charge in [0.25, 0.3) is 7.82 Å². The molecule has 0 amide bonds. The van der Waals surface area contributed by atoms with Gasteiger partial charge in [-0.1, -0.05) is 164 Å². The Morgan fingerprint density at radius 2 is 1.11 bits per heavy atom. The fourth-order valence-electron chi connectivity index (χ4n) is 6.26. The number of aliphatic hydroxyl groups excluding tert-OH is 1. The molecule has 3 atom stereocenters. The SMILES string of the molecule is CCCCC/C=C\C[C@@H](O)/C=C/C=C\C/C=C\CCCC(=O)OC[C@H](COP(=O)([O-])OCC[N+](C)(C)C)OC(=O)CCCCCCCCCCC/C=C\CCCCCCCC. The predicted octanol–water partition coefficient (Wildman–Crippen LogP) is 12.4.